The van der Waals surface area contributed by atoms with Crippen molar-refractivity contribution in [3.05, 3.63) is 35.4 Å². The van der Waals surface area contributed by atoms with Crippen LogP contribution in [0.2, 0.25) is 0 Å². The zero-order chi connectivity index (χ0) is 15.7. The molecule has 0 spiro atoms. The molecule has 0 fully saturated rings. The Morgan fingerprint density at radius 2 is 1.95 bits per heavy atom. The Labute approximate surface area is 128 Å². The third-order valence-corrected chi connectivity index (χ3v) is 4.02. The van der Waals surface area contributed by atoms with Crippen LogP contribution in [-0.4, -0.2) is 23.4 Å². The van der Waals surface area contributed by atoms with Gasteiger partial charge < -0.3 is 0 Å². The Morgan fingerprint density at radius 3 is 2.52 bits per heavy atom. The molecule has 4 nitrogen and oxygen atoms in total. The van der Waals surface area contributed by atoms with Crippen molar-refractivity contribution in [2.24, 2.45) is 5.84 Å². The maximum absolute atomic E-state index is 11.5. The van der Waals surface area contributed by atoms with Crippen LogP contribution in [0.5, 0.6) is 0 Å². The van der Waals surface area contributed by atoms with Crippen LogP contribution in [-0.2, 0) is 17.8 Å². The Hall–Kier alpha value is -1.39. The van der Waals surface area contributed by atoms with Crippen molar-refractivity contribution in [3.63, 3.8) is 0 Å². The first kappa shape index (κ1) is 17.7. The summed E-state index contributed by atoms with van der Waals surface area (Å²) in [7, 11) is 0. The number of hydrogen-bond donors (Lipinski definition) is 2. The topological polar surface area (TPSA) is 58.4 Å². The van der Waals surface area contributed by atoms with Gasteiger partial charge in [-0.2, -0.15) is 0 Å². The van der Waals surface area contributed by atoms with E-state index >= 15 is 0 Å². The number of nitrogens with zero attached hydrogens (tertiary/aromatic N) is 1. The van der Waals surface area contributed by atoms with E-state index in [9.17, 15) is 4.79 Å². The first-order valence-corrected chi connectivity index (χ1v) is 7.92. The minimum absolute atomic E-state index is 0.147. The van der Waals surface area contributed by atoms with Gasteiger partial charge in [0.05, 0.1) is 6.42 Å². The van der Waals surface area contributed by atoms with E-state index < -0.39 is 0 Å². The van der Waals surface area contributed by atoms with E-state index in [1.807, 2.05) is 18.2 Å². The molecule has 0 saturated carbocycles. The zero-order valence-corrected chi connectivity index (χ0v) is 13.6. The Morgan fingerprint density at radius 1 is 1.29 bits per heavy atom. The maximum atomic E-state index is 11.5. The molecular weight excluding hydrogens is 262 g/mol. The summed E-state index contributed by atoms with van der Waals surface area (Å²) in [4.78, 5) is 14.0. The van der Waals surface area contributed by atoms with Crippen molar-refractivity contribution in [2.45, 2.75) is 59.0 Å². The van der Waals surface area contributed by atoms with Gasteiger partial charge in [0.1, 0.15) is 0 Å². The first-order chi connectivity index (χ1) is 10.1. The van der Waals surface area contributed by atoms with Gasteiger partial charge in [-0.1, -0.05) is 44.5 Å². The Bertz CT molecular complexity index is 434. The molecule has 1 rings (SSSR count). The molecule has 0 aliphatic carbocycles. The molecule has 0 bridgehead atoms. The summed E-state index contributed by atoms with van der Waals surface area (Å²) in [5, 5.41) is 0. The van der Waals surface area contributed by atoms with Crippen LogP contribution < -0.4 is 11.3 Å². The van der Waals surface area contributed by atoms with Gasteiger partial charge in [0.15, 0.2) is 0 Å². The molecule has 0 radical (unpaired) electrons. The van der Waals surface area contributed by atoms with Crippen LogP contribution in [0.15, 0.2) is 24.3 Å². The standard InChI is InChI=1S/C17H29N3O/c1-4-6-11-20(14(3)5-2)13-16-10-8-7-9-15(16)12-17(21)19-18/h7-10,14H,4-6,11-13,18H2,1-3H3,(H,19,21). The van der Waals surface area contributed by atoms with Gasteiger partial charge >= 0.3 is 0 Å². The lowest BCUT2D eigenvalue weighted by Crippen LogP contribution is -2.34. The molecule has 0 aromatic heterocycles. The molecule has 3 N–H and O–H groups in total. The van der Waals surface area contributed by atoms with Gasteiger partial charge in [0.2, 0.25) is 5.91 Å². The predicted octanol–water partition coefficient (Wildman–Crippen LogP) is 2.62. The molecule has 1 atom stereocenters. The second-order valence-electron chi connectivity index (χ2n) is 5.59. The highest BCUT2D eigenvalue weighted by molar-refractivity contribution is 5.78. The SMILES string of the molecule is CCCCN(Cc1ccccc1CC(=O)NN)C(C)CC. The highest BCUT2D eigenvalue weighted by Crippen LogP contribution is 2.16. The maximum Gasteiger partial charge on any atom is 0.238 e. The number of hydrogen-bond acceptors (Lipinski definition) is 3. The number of amides is 1. The van der Waals surface area contributed by atoms with E-state index in [0.29, 0.717) is 12.5 Å². The number of unbranched alkanes of at least 4 members (excludes halogenated alkanes) is 1. The number of carbonyl (C=O) groups excluding carboxylic acids is 1. The van der Waals surface area contributed by atoms with Crippen molar-refractivity contribution < 1.29 is 4.79 Å². The van der Waals surface area contributed by atoms with E-state index in [-0.39, 0.29) is 5.91 Å². The lowest BCUT2D eigenvalue weighted by atomic mass is 10.0. The fraction of sp³-hybridized carbons (Fsp3) is 0.588. The molecule has 1 aromatic rings. The summed E-state index contributed by atoms with van der Waals surface area (Å²) < 4.78 is 0. The van der Waals surface area contributed by atoms with Gasteiger partial charge in [-0.05, 0) is 37.4 Å². The van der Waals surface area contributed by atoms with Crippen molar-refractivity contribution in [2.75, 3.05) is 6.54 Å². The molecule has 1 unspecified atom stereocenters. The van der Waals surface area contributed by atoms with E-state index in [0.717, 1.165) is 25.1 Å². The number of nitrogens with two attached hydrogens (primary N) is 1. The average Bonchev–Trinajstić information content (AvgIpc) is 2.51. The number of benzene rings is 1. The summed E-state index contributed by atoms with van der Waals surface area (Å²) in [6.07, 6.45) is 3.88. The fourth-order valence-corrected chi connectivity index (χ4v) is 2.40. The quantitative estimate of drug-likeness (QED) is 0.418. The Balaban J connectivity index is 2.84. The van der Waals surface area contributed by atoms with Crippen molar-refractivity contribution in [3.8, 4) is 0 Å². The summed E-state index contributed by atoms with van der Waals surface area (Å²) >= 11 is 0. The highest BCUT2D eigenvalue weighted by atomic mass is 16.2. The van der Waals surface area contributed by atoms with Crippen LogP contribution in [0, 0.1) is 0 Å². The number of carbonyl (C=O) groups is 1. The third-order valence-electron chi connectivity index (χ3n) is 4.02. The van der Waals surface area contributed by atoms with Gasteiger partial charge in [-0.25, -0.2) is 5.84 Å². The van der Waals surface area contributed by atoms with Gasteiger partial charge in [-0.3, -0.25) is 15.1 Å². The lowest BCUT2D eigenvalue weighted by molar-refractivity contribution is -0.120. The van der Waals surface area contributed by atoms with Crippen LogP contribution >= 0.6 is 0 Å². The molecule has 118 valence electrons. The van der Waals surface area contributed by atoms with E-state index in [2.05, 4.69) is 37.2 Å². The second-order valence-corrected chi connectivity index (χ2v) is 5.59. The molecule has 21 heavy (non-hydrogen) atoms. The smallest absolute Gasteiger partial charge is 0.238 e. The predicted molar refractivity (Wildman–Crippen MR) is 87.5 cm³/mol. The molecule has 4 heteroatoms. The molecule has 1 aromatic carbocycles. The molecule has 0 heterocycles. The van der Waals surface area contributed by atoms with Crippen LogP contribution in [0.4, 0.5) is 0 Å². The molecule has 0 aliphatic heterocycles. The first-order valence-electron chi connectivity index (χ1n) is 7.92. The number of hydrazine groups is 1. The summed E-state index contributed by atoms with van der Waals surface area (Å²) in [5.74, 6) is 5.05. The van der Waals surface area contributed by atoms with Gasteiger partial charge in [0.25, 0.3) is 0 Å². The van der Waals surface area contributed by atoms with Crippen LogP contribution in [0.3, 0.4) is 0 Å². The Kier molecular flexibility index (Phi) is 8.01. The van der Waals surface area contributed by atoms with Crippen molar-refractivity contribution >= 4 is 5.91 Å². The van der Waals surface area contributed by atoms with Crippen molar-refractivity contribution in [1.29, 1.82) is 0 Å². The average molecular weight is 291 g/mol. The normalized spacial score (nSPS) is 12.4. The highest BCUT2D eigenvalue weighted by Gasteiger charge is 2.14. The van der Waals surface area contributed by atoms with Gasteiger partial charge in [0, 0.05) is 12.6 Å². The molecular formula is C17H29N3O. The van der Waals surface area contributed by atoms with Crippen LogP contribution in [0.1, 0.15) is 51.2 Å². The number of rotatable bonds is 9. The minimum atomic E-state index is -0.147. The fourth-order valence-electron chi connectivity index (χ4n) is 2.40. The molecule has 0 saturated heterocycles. The summed E-state index contributed by atoms with van der Waals surface area (Å²) in [6, 6.07) is 8.68. The van der Waals surface area contributed by atoms with Crippen molar-refractivity contribution in [1.82, 2.24) is 10.3 Å². The monoisotopic (exact) mass is 291 g/mol. The summed E-state index contributed by atoms with van der Waals surface area (Å²) in [5.41, 5.74) is 4.49. The molecule has 1 amide bonds. The van der Waals surface area contributed by atoms with Gasteiger partial charge in [-0.15, -0.1) is 0 Å². The minimum Gasteiger partial charge on any atom is -0.296 e. The van der Waals surface area contributed by atoms with E-state index in [1.165, 1.54) is 18.4 Å². The second kappa shape index (κ2) is 9.53. The third kappa shape index (κ3) is 5.86. The largest absolute Gasteiger partial charge is 0.296 e. The van der Waals surface area contributed by atoms with Crippen LogP contribution in [0.25, 0.3) is 0 Å². The van der Waals surface area contributed by atoms with E-state index in [4.69, 9.17) is 5.84 Å². The number of nitrogens with one attached hydrogen (secondary N) is 1. The van der Waals surface area contributed by atoms with E-state index in [1.54, 1.807) is 0 Å². The lowest BCUT2D eigenvalue weighted by Gasteiger charge is -2.29. The summed E-state index contributed by atoms with van der Waals surface area (Å²) in [6.45, 7) is 8.70. The molecule has 0 aliphatic rings. The zero-order valence-electron chi connectivity index (χ0n) is 13.6.